The fourth-order valence-electron chi connectivity index (χ4n) is 3.39. The van der Waals surface area contributed by atoms with E-state index in [9.17, 15) is 9.59 Å². The van der Waals surface area contributed by atoms with E-state index in [1.54, 1.807) is 24.4 Å². The van der Waals surface area contributed by atoms with Gasteiger partial charge in [-0.2, -0.15) is 0 Å². The summed E-state index contributed by atoms with van der Waals surface area (Å²) in [6, 6.07) is 14.7. The van der Waals surface area contributed by atoms with Gasteiger partial charge >= 0.3 is 0 Å². The van der Waals surface area contributed by atoms with Crippen LogP contribution in [0.4, 0.5) is 0 Å². The normalized spacial score (nSPS) is 11.1. The standard InChI is InChI=1S/C24H20BrN3O2/c1-14-7-9-17(11-15(14)2)22(29)20-13-28(12-18-5-4-6-21(25)27-18)24-19(23(20)30)10-8-16(3)26-24/h4-11,13H,12H2,1-3H3. The summed E-state index contributed by atoms with van der Waals surface area (Å²) in [4.78, 5) is 35.5. The van der Waals surface area contributed by atoms with E-state index >= 15 is 0 Å². The molecule has 0 aliphatic heterocycles. The van der Waals surface area contributed by atoms with Gasteiger partial charge in [0.25, 0.3) is 0 Å². The molecule has 6 heteroatoms. The van der Waals surface area contributed by atoms with Crippen LogP contribution in [0, 0.1) is 20.8 Å². The summed E-state index contributed by atoms with van der Waals surface area (Å²) in [5.74, 6) is -0.290. The van der Waals surface area contributed by atoms with Crippen LogP contribution < -0.4 is 5.43 Å². The lowest BCUT2D eigenvalue weighted by atomic mass is 9.99. The third-order valence-corrected chi connectivity index (χ3v) is 5.62. The number of fused-ring (bicyclic) bond motifs is 1. The second kappa shape index (κ2) is 7.95. The topological polar surface area (TPSA) is 64.8 Å². The largest absolute Gasteiger partial charge is 0.326 e. The summed E-state index contributed by atoms with van der Waals surface area (Å²) in [7, 11) is 0. The number of benzene rings is 1. The molecular weight excluding hydrogens is 442 g/mol. The van der Waals surface area contributed by atoms with Crippen molar-refractivity contribution in [1.82, 2.24) is 14.5 Å². The Bertz CT molecular complexity index is 1360. The molecule has 1 aromatic carbocycles. The number of carbonyl (C=O) groups excluding carboxylic acids is 1. The predicted octanol–water partition coefficient (Wildman–Crippen LogP) is 4.76. The number of hydrogen-bond donors (Lipinski definition) is 0. The molecule has 0 amide bonds. The van der Waals surface area contributed by atoms with E-state index in [1.807, 2.05) is 55.7 Å². The Morgan fingerprint density at radius 3 is 2.53 bits per heavy atom. The molecule has 0 N–H and O–H groups in total. The monoisotopic (exact) mass is 461 g/mol. The van der Waals surface area contributed by atoms with Crippen LogP contribution in [0.15, 0.2) is 64.1 Å². The molecule has 0 bridgehead atoms. The van der Waals surface area contributed by atoms with Gasteiger partial charge in [0.2, 0.25) is 5.43 Å². The van der Waals surface area contributed by atoms with Crippen molar-refractivity contribution >= 4 is 32.7 Å². The minimum absolute atomic E-state index is 0.131. The first-order chi connectivity index (χ1) is 14.3. The maximum Gasteiger partial charge on any atom is 0.202 e. The van der Waals surface area contributed by atoms with Crippen LogP contribution in [0.1, 0.15) is 38.4 Å². The SMILES string of the molecule is Cc1ccc2c(=O)c(C(=O)c3ccc(C)c(C)c3)cn(Cc3cccc(Br)n3)c2n1. The second-order valence-electron chi connectivity index (χ2n) is 7.40. The average molecular weight is 462 g/mol. The molecule has 0 saturated heterocycles. The van der Waals surface area contributed by atoms with Crippen LogP contribution in [0.3, 0.4) is 0 Å². The first-order valence-electron chi connectivity index (χ1n) is 9.57. The number of carbonyl (C=O) groups is 1. The van der Waals surface area contributed by atoms with E-state index < -0.39 is 0 Å². The van der Waals surface area contributed by atoms with Gasteiger partial charge < -0.3 is 4.57 Å². The van der Waals surface area contributed by atoms with E-state index in [2.05, 4.69) is 25.9 Å². The highest BCUT2D eigenvalue weighted by Crippen LogP contribution is 2.17. The van der Waals surface area contributed by atoms with Gasteiger partial charge in [-0.15, -0.1) is 0 Å². The van der Waals surface area contributed by atoms with Crippen LogP contribution in [-0.2, 0) is 6.54 Å². The lowest BCUT2D eigenvalue weighted by Crippen LogP contribution is -2.21. The molecule has 3 aromatic heterocycles. The molecular formula is C24H20BrN3O2. The van der Waals surface area contributed by atoms with Gasteiger partial charge in [0.05, 0.1) is 23.2 Å². The first kappa shape index (κ1) is 20.2. The minimum atomic E-state index is -0.306. The van der Waals surface area contributed by atoms with E-state index in [4.69, 9.17) is 0 Å². The number of hydrogen-bond acceptors (Lipinski definition) is 4. The average Bonchev–Trinajstić information content (AvgIpc) is 2.71. The Morgan fingerprint density at radius 2 is 1.80 bits per heavy atom. The van der Waals surface area contributed by atoms with Gasteiger partial charge in [-0.05, 0) is 78.2 Å². The fraction of sp³-hybridized carbons (Fsp3) is 0.167. The zero-order valence-corrected chi connectivity index (χ0v) is 18.5. The highest BCUT2D eigenvalue weighted by molar-refractivity contribution is 9.10. The molecule has 0 fully saturated rings. The van der Waals surface area contributed by atoms with E-state index in [1.165, 1.54) is 0 Å². The lowest BCUT2D eigenvalue weighted by Gasteiger charge is -2.13. The maximum absolute atomic E-state index is 13.2. The van der Waals surface area contributed by atoms with Crippen LogP contribution in [0.5, 0.6) is 0 Å². The zero-order chi connectivity index (χ0) is 21.4. The Morgan fingerprint density at radius 1 is 1.00 bits per heavy atom. The van der Waals surface area contributed by atoms with Crippen molar-refractivity contribution in [3.05, 3.63) is 103 Å². The molecule has 0 unspecified atom stereocenters. The Balaban J connectivity index is 1.91. The van der Waals surface area contributed by atoms with Crippen molar-refractivity contribution in [2.45, 2.75) is 27.3 Å². The number of aromatic nitrogens is 3. The predicted molar refractivity (Wildman–Crippen MR) is 121 cm³/mol. The van der Waals surface area contributed by atoms with Gasteiger partial charge in [-0.1, -0.05) is 18.2 Å². The van der Waals surface area contributed by atoms with Crippen LogP contribution in [-0.4, -0.2) is 20.3 Å². The summed E-state index contributed by atoms with van der Waals surface area (Å²) in [5.41, 5.74) is 4.57. The highest BCUT2D eigenvalue weighted by Gasteiger charge is 2.19. The molecule has 0 aliphatic rings. The van der Waals surface area contributed by atoms with Crippen LogP contribution in [0.2, 0.25) is 0 Å². The van der Waals surface area contributed by atoms with Crippen molar-refractivity contribution in [2.24, 2.45) is 0 Å². The van der Waals surface area contributed by atoms with Crippen molar-refractivity contribution in [1.29, 1.82) is 0 Å². The highest BCUT2D eigenvalue weighted by atomic mass is 79.9. The molecule has 4 rings (SSSR count). The van der Waals surface area contributed by atoms with Gasteiger partial charge in [0.1, 0.15) is 10.3 Å². The van der Waals surface area contributed by atoms with Gasteiger partial charge in [-0.3, -0.25) is 9.59 Å². The number of aryl methyl sites for hydroxylation is 3. The Hall–Kier alpha value is -3.12. The molecule has 3 heterocycles. The number of ketones is 1. The van der Waals surface area contributed by atoms with Gasteiger partial charge in [0.15, 0.2) is 5.78 Å². The molecule has 0 aliphatic carbocycles. The molecule has 0 saturated carbocycles. The third-order valence-electron chi connectivity index (χ3n) is 5.18. The van der Waals surface area contributed by atoms with E-state index in [0.717, 1.165) is 27.1 Å². The molecule has 150 valence electrons. The minimum Gasteiger partial charge on any atom is -0.326 e. The van der Waals surface area contributed by atoms with Crippen molar-refractivity contribution < 1.29 is 4.79 Å². The van der Waals surface area contributed by atoms with Crippen LogP contribution in [0.25, 0.3) is 11.0 Å². The van der Waals surface area contributed by atoms with Crippen molar-refractivity contribution in [3.8, 4) is 0 Å². The fourth-order valence-corrected chi connectivity index (χ4v) is 3.77. The van der Waals surface area contributed by atoms with E-state index in [0.29, 0.717) is 23.1 Å². The van der Waals surface area contributed by atoms with Gasteiger partial charge in [-0.25, -0.2) is 9.97 Å². The second-order valence-corrected chi connectivity index (χ2v) is 8.22. The first-order valence-corrected chi connectivity index (χ1v) is 10.4. The molecule has 0 radical (unpaired) electrons. The summed E-state index contributed by atoms with van der Waals surface area (Å²) >= 11 is 3.39. The zero-order valence-electron chi connectivity index (χ0n) is 16.9. The lowest BCUT2D eigenvalue weighted by molar-refractivity contribution is 0.103. The van der Waals surface area contributed by atoms with Crippen LogP contribution >= 0.6 is 15.9 Å². The quantitative estimate of drug-likeness (QED) is 0.324. The molecule has 0 spiro atoms. The van der Waals surface area contributed by atoms with Crippen molar-refractivity contribution in [3.63, 3.8) is 0 Å². The third kappa shape index (κ3) is 3.83. The summed E-state index contributed by atoms with van der Waals surface area (Å²) < 4.78 is 2.55. The Labute approximate surface area is 182 Å². The Kier molecular flexibility index (Phi) is 5.35. The molecule has 0 atom stereocenters. The number of pyridine rings is 3. The number of halogens is 1. The van der Waals surface area contributed by atoms with E-state index in [-0.39, 0.29) is 16.8 Å². The van der Waals surface area contributed by atoms with Gasteiger partial charge in [0, 0.05) is 17.5 Å². The van der Waals surface area contributed by atoms with Crippen molar-refractivity contribution in [2.75, 3.05) is 0 Å². The maximum atomic E-state index is 13.2. The molecule has 30 heavy (non-hydrogen) atoms. The summed E-state index contributed by atoms with van der Waals surface area (Å²) in [6.07, 6.45) is 1.61. The number of rotatable bonds is 4. The summed E-state index contributed by atoms with van der Waals surface area (Å²) in [6.45, 7) is 6.21. The summed E-state index contributed by atoms with van der Waals surface area (Å²) in [5, 5.41) is 0.422. The molecule has 4 aromatic rings. The smallest absolute Gasteiger partial charge is 0.202 e. The number of nitrogens with zero attached hydrogens (tertiary/aromatic N) is 3. The molecule has 5 nitrogen and oxygen atoms in total.